The topological polar surface area (TPSA) is 108 Å². The lowest BCUT2D eigenvalue weighted by atomic mass is 10.2. The third-order valence-electron chi connectivity index (χ3n) is 4.19. The summed E-state index contributed by atoms with van der Waals surface area (Å²) in [6, 6.07) is 10.3. The molecule has 1 amide bonds. The van der Waals surface area contributed by atoms with Crippen LogP contribution in [0.5, 0.6) is 0 Å². The molecule has 1 N–H and O–H groups in total. The third-order valence-corrected chi connectivity index (χ3v) is 5.15. The number of nitrogens with one attached hydrogen (secondary N) is 1. The maximum absolute atomic E-state index is 12.4. The molecule has 0 aliphatic rings. The molecular weight excluding hydrogens is 418 g/mol. The molecule has 0 aliphatic carbocycles. The molecule has 162 valence electrons. The predicted molar refractivity (Wildman–Crippen MR) is 117 cm³/mol. The molecule has 0 saturated carbocycles. The Morgan fingerprint density at radius 3 is 2.52 bits per heavy atom. The van der Waals surface area contributed by atoms with E-state index in [-0.39, 0.29) is 11.7 Å². The fourth-order valence-corrected chi connectivity index (χ4v) is 3.49. The van der Waals surface area contributed by atoms with Gasteiger partial charge in [-0.05, 0) is 43.3 Å². The Bertz CT molecular complexity index is 1010. The normalized spacial score (nSPS) is 10.6. The largest absolute Gasteiger partial charge is 0.462 e. The van der Waals surface area contributed by atoms with Gasteiger partial charge in [-0.3, -0.25) is 14.3 Å². The monoisotopic (exact) mass is 441 g/mol. The van der Waals surface area contributed by atoms with Crippen molar-refractivity contribution < 1.29 is 19.1 Å². The number of nitrogens with zero attached hydrogens (tertiary/aromatic N) is 4. The Morgan fingerprint density at radius 1 is 1.10 bits per heavy atom. The minimum atomic E-state index is -0.392. The molecule has 0 atom stereocenters. The van der Waals surface area contributed by atoms with Gasteiger partial charge in [0, 0.05) is 30.8 Å². The molecule has 0 spiro atoms. The minimum absolute atomic E-state index is 0.154. The van der Waals surface area contributed by atoms with Gasteiger partial charge in [0.2, 0.25) is 5.91 Å². The molecule has 2 heterocycles. The van der Waals surface area contributed by atoms with Crippen molar-refractivity contribution in [3.8, 4) is 11.4 Å². The number of ether oxygens (including phenoxy) is 2. The Balaban J connectivity index is 1.63. The Hall–Kier alpha value is -3.24. The van der Waals surface area contributed by atoms with Crippen molar-refractivity contribution in [3.05, 3.63) is 54.4 Å². The zero-order chi connectivity index (χ0) is 22.1. The lowest BCUT2D eigenvalue weighted by Gasteiger charge is -2.10. The molecule has 0 unspecified atom stereocenters. The van der Waals surface area contributed by atoms with Crippen LogP contribution in [-0.2, 0) is 20.8 Å². The van der Waals surface area contributed by atoms with Gasteiger partial charge in [-0.15, -0.1) is 10.2 Å². The molecule has 0 radical (unpaired) electrons. The fraction of sp³-hybridized carbons (Fsp3) is 0.286. The zero-order valence-electron chi connectivity index (χ0n) is 17.3. The zero-order valence-corrected chi connectivity index (χ0v) is 18.1. The first-order valence-corrected chi connectivity index (χ1v) is 10.6. The maximum atomic E-state index is 12.4. The number of hydrogen-bond acceptors (Lipinski definition) is 8. The lowest BCUT2D eigenvalue weighted by molar-refractivity contribution is -0.113. The van der Waals surface area contributed by atoms with Gasteiger partial charge in [-0.1, -0.05) is 11.8 Å². The average molecular weight is 442 g/mol. The highest BCUT2D eigenvalue weighted by atomic mass is 32.2. The number of rotatable bonds is 10. The van der Waals surface area contributed by atoms with Crippen LogP contribution < -0.4 is 5.32 Å². The summed E-state index contributed by atoms with van der Waals surface area (Å²) in [4.78, 5) is 28.1. The number of thioether (sulfide) groups is 1. The third kappa shape index (κ3) is 6.12. The SMILES string of the molecule is CCOC(=O)c1ccc(NC(=O)CSc2nnc(-c3ccncc3)n2CCOC)cc1. The molecule has 2 aromatic heterocycles. The van der Waals surface area contributed by atoms with E-state index in [2.05, 4.69) is 20.5 Å². The molecular formula is C21H23N5O4S. The van der Waals surface area contributed by atoms with E-state index in [0.29, 0.717) is 42.0 Å². The number of esters is 1. The van der Waals surface area contributed by atoms with Crippen molar-refractivity contribution in [2.45, 2.75) is 18.6 Å². The average Bonchev–Trinajstić information content (AvgIpc) is 3.20. The highest BCUT2D eigenvalue weighted by Crippen LogP contribution is 2.24. The number of carbonyl (C=O) groups excluding carboxylic acids is 2. The van der Waals surface area contributed by atoms with Gasteiger partial charge in [0.05, 0.1) is 31.1 Å². The molecule has 9 nitrogen and oxygen atoms in total. The van der Waals surface area contributed by atoms with Crippen LogP contribution in [0.1, 0.15) is 17.3 Å². The number of hydrogen-bond donors (Lipinski definition) is 1. The van der Waals surface area contributed by atoms with E-state index in [0.717, 1.165) is 5.56 Å². The van der Waals surface area contributed by atoms with Crippen LogP contribution in [0.25, 0.3) is 11.4 Å². The van der Waals surface area contributed by atoms with E-state index in [1.807, 2.05) is 16.7 Å². The number of carbonyl (C=O) groups is 2. The summed E-state index contributed by atoms with van der Waals surface area (Å²) in [5.74, 6) is 0.259. The maximum Gasteiger partial charge on any atom is 0.338 e. The first-order valence-electron chi connectivity index (χ1n) is 9.64. The quantitative estimate of drug-likeness (QED) is 0.378. The number of methoxy groups -OCH3 is 1. The highest BCUT2D eigenvalue weighted by Gasteiger charge is 2.16. The first-order chi connectivity index (χ1) is 15.1. The molecule has 0 aliphatic heterocycles. The Labute approximate surface area is 184 Å². The summed E-state index contributed by atoms with van der Waals surface area (Å²) in [6.07, 6.45) is 3.39. The molecule has 0 fully saturated rings. The predicted octanol–water partition coefficient (Wildman–Crippen LogP) is 2.89. The van der Waals surface area contributed by atoms with Gasteiger partial charge in [0.15, 0.2) is 11.0 Å². The van der Waals surface area contributed by atoms with E-state index in [1.54, 1.807) is 50.7 Å². The number of benzene rings is 1. The molecule has 10 heteroatoms. The van der Waals surface area contributed by atoms with Crippen LogP contribution in [0.2, 0.25) is 0 Å². The molecule has 3 rings (SSSR count). The van der Waals surface area contributed by atoms with Crippen molar-refractivity contribution in [1.29, 1.82) is 0 Å². The second kappa shape index (κ2) is 11.2. The van der Waals surface area contributed by atoms with Gasteiger partial charge in [0.1, 0.15) is 0 Å². The van der Waals surface area contributed by atoms with Crippen molar-refractivity contribution in [2.24, 2.45) is 0 Å². The summed E-state index contributed by atoms with van der Waals surface area (Å²) in [5.41, 5.74) is 1.91. The van der Waals surface area contributed by atoms with E-state index in [4.69, 9.17) is 9.47 Å². The number of pyridine rings is 1. The molecule has 31 heavy (non-hydrogen) atoms. The van der Waals surface area contributed by atoms with E-state index in [1.165, 1.54) is 11.8 Å². The van der Waals surface area contributed by atoms with E-state index < -0.39 is 5.97 Å². The number of amides is 1. The van der Waals surface area contributed by atoms with Gasteiger partial charge < -0.3 is 14.8 Å². The van der Waals surface area contributed by atoms with Crippen LogP contribution in [0.3, 0.4) is 0 Å². The van der Waals surface area contributed by atoms with Gasteiger partial charge in [-0.25, -0.2) is 4.79 Å². The van der Waals surface area contributed by atoms with Crippen LogP contribution in [0.15, 0.2) is 53.9 Å². The summed E-state index contributed by atoms with van der Waals surface area (Å²) in [7, 11) is 1.63. The Morgan fingerprint density at radius 2 is 1.84 bits per heavy atom. The second-order valence-electron chi connectivity index (χ2n) is 6.32. The van der Waals surface area contributed by atoms with Crippen molar-refractivity contribution >= 4 is 29.3 Å². The Kier molecular flexibility index (Phi) is 8.13. The summed E-state index contributed by atoms with van der Waals surface area (Å²) in [5, 5.41) is 11.9. The highest BCUT2D eigenvalue weighted by molar-refractivity contribution is 7.99. The smallest absolute Gasteiger partial charge is 0.338 e. The lowest BCUT2D eigenvalue weighted by Crippen LogP contribution is -2.15. The molecule has 3 aromatic rings. The molecule has 1 aromatic carbocycles. The fourth-order valence-electron chi connectivity index (χ4n) is 2.73. The van der Waals surface area contributed by atoms with Crippen molar-refractivity contribution in [3.63, 3.8) is 0 Å². The number of anilines is 1. The first kappa shape index (κ1) is 22.4. The van der Waals surface area contributed by atoms with Crippen molar-refractivity contribution in [1.82, 2.24) is 19.7 Å². The van der Waals surface area contributed by atoms with Crippen LogP contribution in [-0.4, -0.2) is 57.7 Å². The van der Waals surface area contributed by atoms with Crippen LogP contribution >= 0.6 is 11.8 Å². The standard InChI is InChI=1S/C21H23N5O4S/c1-3-30-20(28)16-4-6-17(7-5-16)23-18(27)14-31-21-25-24-19(26(21)12-13-29-2)15-8-10-22-11-9-15/h4-11H,3,12-14H2,1-2H3,(H,23,27). The van der Waals surface area contributed by atoms with Gasteiger partial charge in [-0.2, -0.15) is 0 Å². The van der Waals surface area contributed by atoms with Crippen LogP contribution in [0, 0.1) is 0 Å². The van der Waals surface area contributed by atoms with E-state index >= 15 is 0 Å². The van der Waals surface area contributed by atoms with Crippen LogP contribution in [0.4, 0.5) is 5.69 Å². The van der Waals surface area contributed by atoms with Crippen molar-refractivity contribution in [2.75, 3.05) is 31.4 Å². The molecule has 0 saturated heterocycles. The minimum Gasteiger partial charge on any atom is -0.462 e. The summed E-state index contributed by atoms with van der Waals surface area (Å²) in [6.45, 7) is 3.11. The molecule has 0 bridgehead atoms. The summed E-state index contributed by atoms with van der Waals surface area (Å²) >= 11 is 1.29. The van der Waals surface area contributed by atoms with E-state index in [9.17, 15) is 9.59 Å². The van der Waals surface area contributed by atoms with Gasteiger partial charge in [0.25, 0.3) is 0 Å². The van der Waals surface area contributed by atoms with Gasteiger partial charge >= 0.3 is 5.97 Å². The second-order valence-corrected chi connectivity index (χ2v) is 7.26. The number of aromatic nitrogens is 4. The summed E-state index contributed by atoms with van der Waals surface area (Å²) < 4.78 is 12.1.